The second-order valence-corrected chi connectivity index (χ2v) is 6.55. The first-order valence-corrected chi connectivity index (χ1v) is 8.62. The van der Waals surface area contributed by atoms with Crippen LogP contribution >= 0.6 is 0 Å². The molecular formula is C21H26N2O2. The highest BCUT2D eigenvalue weighted by Gasteiger charge is 2.15. The summed E-state index contributed by atoms with van der Waals surface area (Å²) in [6.45, 7) is 8.06. The number of carbonyl (C=O) groups is 2. The van der Waals surface area contributed by atoms with Crippen molar-refractivity contribution in [2.24, 2.45) is 0 Å². The van der Waals surface area contributed by atoms with Gasteiger partial charge < -0.3 is 10.2 Å². The molecule has 0 aliphatic rings. The quantitative estimate of drug-likeness (QED) is 0.843. The third-order valence-electron chi connectivity index (χ3n) is 4.11. The summed E-state index contributed by atoms with van der Waals surface area (Å²) in [7, 11) is 0. The second kappa shape index (κ2) is 8.47. The normalized spacial score (nSPS) is 10.6. The fourth-order valence-corrected chi connectivity index (χ4v) is 2.80. The van der Waals surface area contributed by atoms with Crippen molar-refractivity contribution < 1.29 is 9.59 Å². The van der Waals surface area contributed by atoms with Crippen LogP contribution in [0.4, 0.5) is 11.4 Å². The molecule has 0 aromatic heterocycles. The van der Waals surface area contributed by atoms with Crippen LogP contribution in [0.3, 0.4) is 0 Å². The summed E-state index contributed by atoms with van der Waals surface area (Å²) in [6.07, 6.45) is 0.250. The third kappa shape index (κ3) is 5.18. The average molecular weight is 338 g/mol. The third-order valence-corrected chi connectivity index (χ3v) is 4.11. The first-order valence-electron chi connectivity index (χ1n) is 8.62. The van der Waals surface area contributed by atoms with Crippen molar-refractivity contribution in [1.82, 2.24) is 0 Å². The maximum Gasteiger partial charge on any atom is 0.226 e. The van der Waals surface area contributed by atoms with Gasteiger partial charge in [0, 0.05) is 31.3 Å². The molecule has 4 heteroatoms. The van der Waals surface area contributed by atoms with Crippen LogP contribution in [0, 0.1) is 6.92 Å². The van der Waals surface area contributed by atoms with Crippen molar-refractivity contribution in [2.75, 3.05) is 16.8 Å². The Morgan fingerprint density at radius 3 is 2.44 bits per heavy atom. The molecule has 0 heterocycles. The lowest BCUT2D eigenvalue weighted by Gasteiger charge is -2.21. The minimum absolute atomic E-state index is 0.0685. The monoisotopic (exact) mass is 338 g/mol. The van der Waals surface area contributed by atoms with Crippen molar-refractivity contribution in [3.63, 3.8) is 0 Å². The van der Waals surface area contributed by atoms with Gasteiger partial charge in [0.1, 0.15) is 0 Å². The van der Waals surface area contributed by atoms with Crippen molar-refractivity contribution in [3.05, 3.63) is 59.7 Å². The first kappa shape index (κ1) is 18.7. The highest BCUT2D eigenvalue weighted by molar-refractivity contribution is 5.95. The first-order chi connectivity index (χ1) is 11.9. The van der Waals surface area contributed by atoms with E-state index < -0.39 is 0 Å². The molecule has 25 heavy (non-hydrogen) atoms. The number of para-hydroxylation sites is 1. The van der Waals surface area contributed by atoms with Gasteiger partial charge in [-0.2, -0.15) is 0 Å². The SMILES string of the molecule is CC(=O)N(CCC(=O)Nc1ccccc1C(C)C)c1cccc(C)c1. The van der Waals surface area contributed by atoms with Gasteiger partial charge in [-0.05, 0) is 42.2 Å². The Kier molecular flexibility index (Phi) is 6.34. The number of hydrogen-bond donors (Lipinski definition) is 1. The van der Waals surface area contributed by atoms with E-state index in [9.17, 15) is 9.59 Å². The van der Waals surface area contributed by atoms with Crippen molar-refractivity contribution >= 4 is 23.2 Å². The van der Waals surface area contributed by atoms with Gasteiger partial charge in [-0.1, -0.05) is 44.2 Å². The van der Waals surface area contributed by atoms with Gasteiger partial charge in [0.05, 0.1) is 0 Å². The van der Waals surface area contributed by atoms with Crippen LogP contribution < -0.4 is 10.2 Å². The van der Waals surface area contributed by atoms with E-state index in [1.54, 1.807) is 4.90 Å². The Labute approximate surface area is 149 Å². The van der Waals surface area contributed by atoms with E-state index in [1.807, 2.05) is 55.5 Å². The predicted octanol–water partition coefficient (Wildman–Crippen LogP) is 4.50. The standard InChI is InChI=1S/C21H26N2O2/c1-15(2)19-10-5-6-11-20(19)22-21(25)12-13-23(17(4)24)18-9-7-8-16(3)14-18/h5-11,14-15H,12-13H2,1-4H3,(H,22,25). The predicted molar refractivity (Wildman–Crippen MR) is 103 cm³/mol. The Hall–Kier alpha value is -2.62. The molecule has 1 N–H and O–H groups in total. The van der Waals surface area contributed by atoms with Gasteiger partial charge in [-0.15, -0.1) is 0 Å². The topological polar surface area (TPSA) is 49.4 Å². The molecule has 0 unspecified atom stereocenters. The molecule has 0 aliphatic heterocycles. The summed E-state index contributed by atoms with van der Waals surface area (Å²) in [5, 5.41) is 2.97. The molecule has 2 aromatic rings. The lowest BCUT2D eigenvalue weighted by atomic mass is 10.0. The number of nitrogens with zero attached hydrogens (tertiary/aromatic N) is 1. The lowest BCUT2D eigenvalue weighted by Crippen LogP contribution is -2.32. The summed E-state index contributed by atoms with van der Waals surface area (Å²) in [5.74, 6) is 0.172. The van der Waals surface area contributed by atoms with Crippen LogP contribution in [0.5, 0.6) is 0 Å². The number of amides is 2. The van der Waals surface area contributed by atoms with Gasteiger partial charge in [-0.25, -0.2) is 0 Å². The number of rotatable bonds is 6. The molecule has 4 nitrogen and oxygen atoms in total. The molecule has 0 saturated carbocycles. The Morgan fingerprint density at radius 1 is 1.08 bits per heavy atom. The molecule has 2 rings (SSSR count). The fraction of sp³-hybridized carbons (Fsp3) is 0.333. The summed E-state index contributed by atoms with van der Waals surface area (Å²) in [6, 6.07) is 15.6. The largest absolute Gasteiger partial charge is 0.326 e. The highest BCUT2D eigenvalue weighted by Crippen LogP contribution is 2.24. The molecule has 0 atom stereocenters. The van der Waals surface area contributed by atoms with Crippen LogP contribution in [0.2, 0.25) is 0 Å². The Bertz CT molecular complexity index is 753. The summed E-state index contributed by atoms with van der Waals surface area (Å²) in [4.78, 5) is 26.0. The number of benzene rings is 2. The zero-order chi connectivity index (χ0) is 18.4. The zero-order valence-electron chi connectivity index (χ0n) is 15.4. The smallest absolute Gasteiger partial charge is 0.226 e. The van der Waals surface area contributed by atoms with Gasteiger partial charge in [0.15, 0.2) is 0 Å². The summed E-state index contributed by atoms with van der Waals surface area (Å²) < 4.78 is 0. The van der Waals surface area contributed by atoms with Crippen molar-refractivity contribution in [3.8, 4) is 0 Å². The molecule has 0 aliphatic carbocycles. The van der Waals surface area contributed by atoms with E-state index in [4.69, 9.17) is 0 Å². The molecule has 2 amide bonds. The minimum atomic E-state index is -0.0907. The van der Waals surface area contributed by atoms with Crippen molar-refractivity contribution in [1.29, 1.82) is 0 Å². The van der Waals surface area contributed by atoms with Crippen LogP contribution in [-0.2, 0) is 9.59 Å². The number of anilines is 2. The molecular weight excluding hydrogens is 312 g/mol. The Balaban J connectivity index is 2.04. The molecule has 132 valence electrons. The van der Waals surface area contributed by atoms with Gasteiger partial charge in [0.2, 0.25) is 11.8 Å². The second-order valence-electron chi connectivity index (χ2n) is 6.55. The molecule has 0 saturated heterocycles. The highest BCUT2D eigenvalue weighted by atomic mass is 16.2. The van der Waals surface area contributed by atoms with E-state index in [0.717, 1.165) is 22.5 Å². The fourth-order valence-electron chi connectivity index (χ4n) is 2.80. The summed E-state index contributed by atoms with van der Waals surface area (Å²) in [5.41, 5.74) is 3.85. The van der Waals surface area contributed by atoms with E-state index in [-0.39, 0.29) is 18.2 Å². The van der Waals surface area contributed by atoms with Crippen molar-refractivity contribution in [2.45, 2.75) is 40.0 Å². The number of hydrogen-bond acceptors (Lipinski definition) is 2. The maximum atomic E-state index is 12.4. The van der Waals surface area contributed by atoms with Crippen LogP contribution in [-0.4, -0.2) is 18.4 Å². The number of nitrogens with one attached hydrogen (secondary N) is 1. The molecule has 0 spiro atoms. The van der Waals surface area contributed by atoms with E-state index in [0.29, 0.717) is 12.5 Å². The van der Waals surface area contributed by atoms with E-state index in [2.05, 4.69) is 19.2 Å². The van der Waals surface area contributed by atoms with Crippen LogP contribution in [0.15, 0.2) is 48.5 Å². The number of carbonyl (C=O) groups excluding carboxylic acids is 2. The van der Waals surface area contributed by atoms with Crippen LogP contribution in [0.1, 0.15) is 44.2 Å². The number of aryl methyl sites for hydroxylation is 1. The van der Waals surface area contributed by atoms with Crippen LogP contribution in [0.25, 0.3) is 0 Å². The molecule has 0 fully saturated rings. The molecule has 0 radical (unpaired) electrons. The van der Waals surface area contributed by atoms with Gasteiger partial charge >= 0.3 is 0 Å². The Morgan fingerprint density at radius 2 is 1.80 bits per heavy atom. The van der Waals surface area contributed by atoms with Gasteiger partial charge in [0.25, 0.3) is 0 Å². The maximum absolute atomic E-state index is 12.4. The van der Waals surface area contributed by atoms with E-state index >= 15 is 0 Å². The minimum Gasteiger partial charge on any atom is -0.326 e. The lowest BCUT2D eigenvalue weighted by molar-refractivity contribution is -0.117. The summed E-state index contributed by atoms with van der Waals surface area (Å²) >= 11 is 0. The van der Waals surface area contributed by atoms with E-state index in [1.165, 1.54) is 6.92 Å². The molecule has 2 aromatic carbocycles. The average Bonchev–Trinajstić information content (AvgIpc) is 2.55. The van der Waals surface area contributed by atoms with Gasteiger partial charge in [-0.3, -0.25) is 9.59 Å². The zero-order valence-corrected chi connectivity index (χ0v) is 15.4. The molecule has 0 bridgehead atoms.